The van der Waals surface area contributed by atoms with Crippen molar-refractivity contribution in [2.45, 2.75) is 38.8 Å². The van der Waals surface area contributed by atoms with Crippen molar-refractivity contribution in [1.82, 2.24) is 15.2 Å². The average Bonchev–Trinajstić information content (AvgIpc) is 3.11. The second kappa shape index (κ2) is 4.30. The molecule has 0 radical (unpaired) electrons. The van der Waals surface area contributed by atoms with Crippen molar-refractivity contribution in [2.24, 2.45) is 5.92 Å². The number of aromatic nitrogens is 1. The molecule has 5 nitrogen and oxygen atoms in total. The highest BCUT2D eigenvalue weighted by molar-refractivity contribution is 7.09. The maximum absolute atomic E-state index is 12.6. The predicted octanol–water partition coefficient (Wildman–Crippen LogP) is 1.08. The summed E-state index contributed by atoms with van der Waals surface area (Å²) in [4.78, 5) is 30.4. The molecule has 102 valence electrons. The zero-order valence-electron chi connectivity index (χ0n) is 11.1. The van der Waals surface area contributed by atoms with Crippen LogP contribution in [-0.4, -0.2) is 33.8 Å². The summed E-state index contributed by atoms with van der Waals surface area (Å²) in [6, 6.07) is 0. The lowest BCUT2D eigenvalue weighted by molar-refractivity contribution is -0.150. The Kier molecular flexibility index (Phi) is 2.85. The summed E-state index contributed by atoms with van der Waals surface area (Å²) in [6.07, 6.45) is 2.04. The van der Waals surface area contributed by atoms with E-state index < -0.39 is 5.54 Å². The fourth-order valence-electron chi connectivity index (χ4n) is 2.66. The summed E-state index contributed by atoms with van der Waals surface area (Å²) in [5, 5.41) is 5.73. The third-order valence-corrected chi connectivity index (χ3v) is 4.80. The molecule has 2 heterocycles. The van der Waals surface area contributed by atoms with Gasteiger partial charge in [-0.1, -0.05) is 0 Å². The molecule has 1 aromatic heterocycles. The molecule has 0 aromatic carbocycles. The number of hydrogen-bond donors (Lipinski definition) is 1. The molecule has 1 saturated heterocycles. The first-order valence-corrected chi connectivity index (χ1v) is 7.38. The number of hydrogen-bond acceptors (Lipinski definition) is 4. The summed E-state index contributed by atoms with van der Waals surface area (Å²) >= 11 is 1.53. The lowest BCUT2D eigenvalue weighted by Crippen LogP contribution is -2.66. The van der Waals surface area contributed by atoms with Gasteiger partial charge in [-0.3, -0.25) is 9.59 Å². The van der Waals surface area contributed by atoms with E-state index in [0.717, 1.165) is 23.5 Å². The van der Waals surface area contributed by atoms with Crippen molar-refractivity contribution in [3.63, 3.8) is 0 Å². The zero-order chi connectivity index (χ0) is 13.6. The molecule has 0 bridgehead atoms. The third-order valence-electron chi connectivity index (χ3n) is 3.85. The van der Waals surface area contributed by atoms with E-state index in [9.17, 15) is 9.59 Å². The van der Waals surface area contributed by atoms with Crippen molar-refractivity contribution in [1.29, 1.82) is 0 Å². The molecule has 1 N–H and O–H groups in total. The Balaban J connectivity index is 1.80. The van der Waals surface area contributed by atoms with E-state index in [0.29, 0.717) is 12.5 Å². The third kappa shape index (κ3) is 2.25. The van der Waals surface area contributed by atoms with Crippen LogP contribution in [-0.2, 0) is 16.1 Å². The van der Waals surface area contributed by atoms with Crippen molar-refractivity contribution >= 4 is 23.2 Å². The number of nitrogens with one attached hydrogen (secondary N) is 1. The molecule has 1 aromatic rings. The van der Waals surface area contributed by atoms with E-state index in [4.69, 9.17) is 0 Å². The van der Waals surface area contributed by atoms with E-state index in [2.05, 4.69) is 10.3 Å². The van der Waals surface area contributed by atoms with Crippen molar-refractivity contribution in [3.05, 3.63) is 16.1 Å². The fourth-order valence-corrected chi connectivity index (χ4v) is 3.45. The van der Waals surface area contributed by atoms with Crippen LogP contribution in [0.2, 0.25) is 0 Å². The highest BCUT2D eigenvalue weighted by Crippen LogP contribution is 2.41. The van der Waals surface area contributed by atoms with Crippen LogP contribution >= 0.6 is 11.3 Å². The second-order valence-electron chi connectivity index (χ2n) is 5.57. The molecule has 2 fully saturated rings. The van der Waals surface area contributed by atoms with Crippen molar-refractivity contribution < 1.29 is 9.59 Å². The monoisotopic (exact) mass is 279 g/mol. The van der Waals surface area contributed by atoms with Gasteiger partial charge in [0.2, 0.25) is 11.8 Å². The summed E-state index contributed by atoms with van der Waals surface area (Å²) in [5.41, 5.74) is 0.251. The van der Waals surface area contributed by atoms with E-state index >= 15 is 0 Å². The standard InChI is InChI=1S/C13H17N3O2S/c1-8-7-19-11(14-8)6-16-5-10(17)15-13(2,12(16)18)9-3-4-9/h7,9H,3-6H2,1-2H3,(H,15,17). The minimum absolute atomic E-state index is 0.0300. The van der Waals surface area contributed by atoms with Gasteiger partial charge in [-0.25, -0.2) is 4.98 Å². The molecule has 1 atom stereocenters. The van der Waals surface area contributed by atoms with Crippen LogP contribution in [0.15, 0.2) is 5.38 Å². The van der Waals surface area contributed by atoms with Crippen LogP contribution < -0.4 is 5.32 Å². The molecular weight excluding hydrogens is 262 g/mol. The van der Waals surface area contributed by atoms with E-state index in [-0.39, 0.29) is 18.4 Å². The van der Waals surface area contributed by atoms with Gasteiger partial charge in [0, 0.05) is 11.1 Å². The minimum atomic E-state index is -0.707. The number of nitrogens with zero attached hydrogens (tertiary/aromatic N) is 2. The lowest BCUT2D eigenvalue weighted by atomic mass is 9.91. The molecule has 1 aliphatic heterocycles. The molecule has 1 saturated carbocycles. The number of carbonyl (C=O) groups is 2. The number of piperazine rings is 1. The molecule has 1 aliphatic carbocycles. The van der Waals surface area contributed by atoms with Crippen molar-refractivity contribution in [3.8, 4) is 0 Å². The summed E-state index contributed by atoms with van der Waals surface area (Å²) < 4.78 is 0. The Hall–Kier alpha value is -1.43. The molecule has 3 rings (SSSR count). The highest BCUT2D eigenvalue weighted by atomic mass is 32.1. The maximum atomic E-state index is 12.6. The Morgan fingerprint density at radius 3 is 2.84 bits per heavy atom. The van der Waals surface area contributed by atoms with Gasteiger partial charge in [0.15, 0.2) is 0 Å². The van der Waals surface area contributed by atoms with Gasteiger partial charge >= 0.3 is 0 Å². The van der Waals surface area contributed by atoms with Crippen LogP contribution in [0, 0.1) is 12.8 Å². The molecule has 19 heavy (non-hydrogen) atoms. The normalized spacial score (nSPS) is 27.6. The van der Waals surface area contributed by atoms with Crippen LogP contribution in [0.5, 0.6) is 0 Å². The van der Waals surface area contributed by atoms with Gasteiger partial charge in [0.25, 0.3) is 0 Å². The maximum Gasteiger partial charge on any atom is 0.249 e. The smallest absolute Gasteiger partial charge is 0.249 e. The molecule has 0 spiro atoms. The van der Waals surface area contributed by atoms with Gasteiger partial charge < -0.3 is 10.2 Å². The number of rotatable bonds is 3. The quantitative estimate of drug-likeness (QED) is 0.900. The zero-order valence-corrected chi connectivity index (χ0v) is 11.9. The van der Waals surface area contributed by atoms with Gasteiger partial charge in [-0.2, -0.15) is 0 Å². The molecule has 2 aliphatic rings. The molecule has 6 heteroatoms. The Morgan fingerprint density at radius 2 is 2.26 bits per heavy atom. The summed E-state index contributed by atoms with van der Waals surface area (Å²) in [5.74, 6) is 0.259. The first-order chi connectivity index (χ1) is 8.99. The van der Waals surface area contributed by atoms with Gasteiger partial charge in [0.1, 0.15) is 17.1 Å². The SMILES string of the molecule is Cc1csc(CN2CC(=O)NC(C)(C3CC3)C2=O)n1. The number of thiazole rings is 1. The van der Waals surface area contributed by atoms with E-state index in [1.165, 1.54) is 11.3 Å². The second-order valence-corrected chi connectivity index (χ2v) is 6.51. The van der Waals surface area contributed by atoms with Crippen LogP contribution in [0.4, 0.5) is 0 Å². The first kappa shape index (κ1) is 12.6. The average molecular weight is 279 g/mol. The first-order valence-electron chi connectivity index (χ1n) is 6.50. The predicted molar refractivity (Wildman–Crippen MR) is 71.5 cm³/mol. The van der Waals surface area contributed by atoms with Gasteiger partial charge in [-0.05, 0) is 32.6 Å². The summed E-state index contributed by atoms with van der Waals surface area (Å²) in [7, 11) is 0. The van der Waals surface area contributed by atoms with Crippen LogP contribution in [0.3, 0.4) is 0 Å². The Labute approximate surface area is 116 Å². The number of amides is 2. The highest BCUT2D eigenvalue weighted by Gasteiger charge is 2.52. The largest absolute Gasteiger partial charge is 0.340 e. The number of aryl methyl sites for hydroxylation is 1. The van der Waals surface area contributed by atoms with Crippen LogP contribution in [0.1, 0.15) is 30.5 Å². The van der Waals surface area contributed by atoms with E-state index in [1.54, 1.807) is 4.90 Å². The van der Waals surface area contributed by atoms with Gasteiger partial charge in [0.05, 0.1) is 6.54 Å². The topological polar surface area (TPSA) is 62.3 Å². The van der Waals surface area contributed by atoms with E-state index in [1.807, 2.05) is 19.2 Å². The molecule has 2 amide bonds. The van der Waals surface area contributed by atoms with Crippen molar-refractivity contribution in [2.75, 3.05) is 6.54 Å². The van der Waals surface area contributed by atoms with Gasteiger partial charge in [-0.15, -0.1) is 11.3 Å². The van der Waals surface area contributed by atoms with Crippen LogP contribution in [0.25, 0.3) is 0 Å². The Bertz CT molecular complexity index is 538. The lowest BCUT2D eigenvalue weighted by Gasteiger charge is -2.39. The number of carbonyl (C=O) groups excluding carboxylic acids is 2. The summed E-state index contributed by atoms with van der Waals surface area (Å²) in [6.45, 7) is 4.36. The molecular formula is C13H17N3O2S. The minimum Gasteiger partial charge on any atom is -0.340 e. The fraction of sp³-hybridized carbons (Fsp3) is 0.615. The Morgan fingerprint density at radius 1 is 1.53 bits per heavy atom. The molecule has 1 unspecified atom stereocenters.